The number of likely N-dealkylation sites (N-methyl/N-ethyl adjacent to an activating group) is 1. The van der Waals surface area contributed by atoms with E-state index in [1.165, 1.54) is 11.0 Å². The Morgan fingerprint density at radius 1 is 1.29 bits per heavy atom. The number of carbonyl (C=O) groups excluding carboxylic acids is 2. The number of H-pyrrole nitrogens is 2. The molecular weight excluding hydrogens is 408 g/mol. The molecular formula is C21H21F2N5O3. The van der Waals surface area contributed by atoms with Gasteiger partial charge >= 0.3 is 0 Å². The first kappa shape index (κ1) is 19.7. The van der Waals surface area contributed by atoms with Gasteiger partial charge in [-0.3, -0.25) is 14.7 Å². The molecule has 10 heteroatoms. The SMILES string of the molecule is CN(C(=O)c1n[nH]c2c1CN(C(=O)c1cc3c(F)cc(F)cc3[nH]1)CC2)C1(CO)CC1. The monoisotopic (exact) mass is 429 g/mol. The summed E-state index contributed by atoms with van der Waals surface area (Å²) in [4.78, 5) is 31.9. The molecule has 0 unspecified atom stereocenters. The van der Waals surface area contributed by atoms with Gasteiger partial charge in [-0.05, 0) is 25.0 Å². The Kier molecular flexibility index (Phi) is 4.37. The molecule has 31 heavy (non-hydrogen) atoms. The van der Waals surface area contributed by atoms with E-state index in [2.05, 4.69) is 15.2 Å². The van der Waals surface area contributed by atoms with Crippen molar-refractivity contribution in [3.8, 4) is 0 Å². The van der Waals surface area contributed by atoms with Crippen molar-refractivity contribution in [1.29, 1.82) is 0 Å². The summed E-state index contributed by atoms with van der Waals surface area (Å²) in [6.07, 6.45) is 1.96. The molecule has 3 aromatic rings. The maximum absolute atomic E-state index is 14.0. The van der Waals surface area contributed by atoms with Crippen LogP contribution in [0.25, 0.3) is 10.9 Å². The number of aliphatic hydroxyl groups is 1. The van der Waals surface area contributed by atoms with E-state index in [1.807, 2.05) is 0 Å². The van der Waals surface area contributed by atoms with Crippen molar-refractivity contribution in [2.45, 2.75) is 31.3 Å². The standard InChI is InChI=1S/C21H21F2N5O3/c1-27(21(10-29)3-4-21)20(31)18-13-9-28(5-2-15(13)25-26-18)19(30)17-8-12-14(23)6-11(22)7-16(12)24-17/h6-8,24,29H,2-5,9-10H2,1H3,(H,25,26). The molecule has 0 bridgehead atoms. The number of carbonyl (C=O) groups is 2. The number of aromatic nitrogens is 3. The van der Waals surface area contributed by atoms with E-state index in [4.69, 9.17) is 0 Å². The quantitative estimate of drug-likeness (QED) is 0.590. The van der Waals surface area contributed by atoms with Gasteiger partial charge in [-0.25, -0.2) is 8.78 Å². The average Bonchev–Trinajstić information content (AvgIpc) is 3.25. The number of rotatable bonds is 4. The van der Waals surface area contributed by atoms with Crippen molar-refractivity contribution in [1.82, 2.24) is 25.0 Å². The predicted molar refractivity (Wildman–Crippen MR) is 106 cm³/mol. The fourth-order valence-electron chi connectivity index (χ4n) is 4.21. The predicted octanol–water partition coefficient (Wildman–Crippen LogP) is 1.96. The van der Waals surface area contributed by atoms with Crippen LogP contribution in [-0.4, -0.2) is 67.6 Å². The lowest BCUT2D eigenvalue weighted by Gasteiger charge is -2.29. The molecule has 162 valence electrons. The summed E-state index contributed by atoms with van der Waals surface area (Å²) in [5.74, 6) is -2.14. The first-order valence-corrected chi connectivity index (χ1v) is 10.0. The van der Waals surface area contributed by atoms with E-state index in [1.54, 1.807) is 11.9 Å². The van der Waals surface area contributed by atoms with Gasteiger partial charge in [0.05, 0.1) is 24.2 Å². The number of nitrogens with zero attached hydrogens (tertiary/aromatic N) is 3. The maximum atomic E-state index is 14.0. The summed E-state index contributed by atoms with van der Waals surface area (Å²) in [5, 5.41) is 16.8. The lowest BCUT2D eigenvalue weighted by Crippen LogP contribution is -2.42. The van der Waals surface area contributed by atoms with Crippen LogP contribution in [-0.2, 0) is 13.0 Å². The molecule has 0 radical (unpaired) electrons. The van der Waals surface area contributed by atoms with Gasteiger partial charge in [0.15, 0.2) is 5.69 Å². The number of halogens is 2. The Morgan fingerprint density at radius 3 is 2.77 bits per heavy atom. The molecule has 1 saturated carbocycles. The molecule has 0 atom stereocenters. The largest absolute Gasteiger partial charge is 0.394 e. The molecule has 1 aliphatic heterocycles. The van der Waals surface area contributed by atoms with Crippen LogP contribution in [0.1, 0.15) is 45.1 Å². The number of hydrogen-bond donors (Lipinski definition) is 3. The van der Waals surface area contributed by atoms with E-state index in [-0.39, 0.29) is 47.3 Å². The Balaban J connectivity index is 1.41. The van der Waals surface area contributed by atoms with Gasteiger partial charge in [-0.15, -0.1) is 0 Å². The zero-order valence-electron chi connectivity index (χ0n) is 16.8. The number of hydrogen-bond acceptors (Lipinski definition) is 4. The molecule has 3 heterocycles. The third-order valence-electron chi connectivity index (χ3n) is 6.44. The summed E-state index contributed by atoms with van der Waals surface area (Å²) in [5.41, 5.74) is 1.49. The van der Waals surface area contributed by atoms with Crippen molar-refractivity contribution >= 4 is 22.7 Å². The zero-order valence-corrected chi connectivity index (χ0v) is 16.8. The van der Waals surface area contributed by atoms with E-state index in [9.17, 15) is 23.5 Å². The van der Waals surface area contributed by atoms with Gasteiger partial charge < -0.3 is 19.9 Å². The van der Waals surface area contributed by atoms with Crippen LogP contribution in [0, 0.1) is 11.6 Å². The number of fused-ring (bicyclic) bond motifs is 2. The molecule has 1 fully saturated rings. The Bertz CT molecular complexity index is 1210. The lowest BCUT2D eigenvalue weighted by molar-refractivity contribution is 0.0607. The highest BCUT2D eigenvalue weighted by molar-refractivity contribution is 5.99. The third-order valence-corrected chi connectivity index (χ3v) is 6.44. The summed E-state index contributed by atoms with van der Waals surface area (Å²) in [6, 6.07) is 3.28. The third kappa shape index (κ3) is 3.09. The van der Waals surface area contributed by atoms with Crippen LogP contribution < -0.4 is 0 Å². The molecule has 2 aromatic heterocycles. The van der Waals surface area contributed by atoms with Crippen molar-refractivity contribution in [2.75, 3.05) is 20.2 Å². The number of amides is 2. The Labute approximate surface area is 175 Å². The van der Waals surface area contributed by atoms with Crippen molar-refractivity contribution < 1.29 is 23.5 Å². The molecule has 1 aromatic carbocycles. The van der Waals surface area contributed by atoms with Crippen molar-refractivity contribution in [3.63, 3.8) is 0 Å². The summed E-state index contributed by atoms with van der Waals surface area (Å²) < 4.78 is 27.5. The van der Waals surface area contributed by atoms with Crippen LogP contribution >= 0.6 is 0 Å². The molecule has 1 aliphatic carbocycles. The van der Waals surface area contributed by atoms with Crippen LogP contribution in [0.4, 0.5) is 8.78 Å². The first-order chi connectivity index (χ1) is 14.8. The van der Waals surface area contributed by atoms with Crippen molar-refractivity contribution in [3.05, 3.63) is 52.5 Å². The topological polar surface area (TPSA) is 105 Å². The first-order valence-electron chi connectivity index (χ1n) is 10.0. The van der Waals surface area contributed by atoms with Crippen LogP contribution in [0.15, 0.2) is 18.2 Å². The zero-order chi connectivity index (χ0) is 21.9. The highest BCUT2D eigenvalue weighted by Crippen LogP contribution is 2.41. The Hall–Kier alpha value is -3.27. The lowest BCUT2D eigenvalue weighted by atomic mass is 10.0. The molecule has 3 N–H and O–H groups in total. The molecule has 8 nitrogen and oxygen atoms in total. The highest BCUT2D eigenvalue weighted by atomic mass is 19.1. The fourth-order valence-corrected chi connectivity index (χ4v) is 4.21. The molecule has 2 aliphatic rings. The highest BCUT2D eigenvalue weighted by Gasteiger charge is 2.49. The van der Waals surface area contributed by atoms with E-state index in [0.29, 0.717) is 18.5 Å². The summed E-state index contributed by atoms with van der Waals surface area (Å²) in [7, 11) is 1.65. The number of aliphatic hydroxyl groups excluding tert-OH is 1. The van der Waals surface area contributed by atoms with Crippen LogP contribution in [0.2, 0.25) is 0 Å². The smallest absolute Gasteiger partial charge is 0.274 e. The van der Waals surface area contributed by atoms with E-state index < -0.39 is 17.2 Å². The molecule has 5 rings (SSSR count). The second-order valence-electron chi connectivity index (χ2n) is 8.28. The second-order valence-corrected chi connectivity index (χ2v) is 8.28. The van der Waals surface area contributed by atoms with Crippen LogP contribution in [0.5, 0.6) is 0 Å². The summed E-state index contributed by atoms with van der Waals surface area (Å²) in [6.45, 7) is 0.451. The minimum atomic E-state index is -0.741. The molecule has 0 saturated heterocycles. The minimum absolute atomic E-state index is 0.107. The van der Waals surface area contributed by atoms with Gasteiger partial charge in [0.2, 0.25) is 0 Å². The average molecular weight is 429 g/mol. The van der Waals surface area contributed by atoms with Gasteiger partial charge in [0.25, 0.3) is 11.8 Å². The minimum Gasteiger partial charge on any atom is -0.394 e. The summed E-state index contributed by atoms with van der Waals surface area (Å²) >= 11 is 0. The van der Waals surface area contributed by atoms with Crippen molar-refractivity contribution in [2.24, 2.45) is 0 Å². The number of benzene rings is 1. The van der Waals surface area contributed by atoms with Gasteiger partial charge in [-0.1, -0.05) is 0 Å². The number of nitrogens with one attached hydrogen (secondary N) is 2. The van der Waals surface area contributed by atoms with Crippen LogP contribution in [0.3, 0.4) is 0 Å². The molecule has 2 amide bonds. The maximum Gasteiger partial charge on any atom is 0.274 e. The Morgan fingerprint density at radius 2 is 2.06 bits per heavy atom. The fraction of sp³-hybridized carbons (Fsp3) is 0.381. The second kappa shape index (κ2) is 6.88. The van der Waals surface area contributed by atoms with E-state index >= 15 is 0 Å². The normalized spacial score (nSPS) is 17.0. The van der Waals surface area contributed by atoms with Gasteiger partial charge in [0.1, 0.15) is 17.3 Å². The number of aromatic amines is 2. The van der Waals surface area contributed by atoms with E-state index in [0.717, 1.165) is 30.7 Å². The molecule has 0 spiro atoms. The van der Waals surface area contributed by atoms with Gasteiger partial charge in [-0.2, -0.15) is 5.10 Å². The van der Waals surface area contributed by atoms with Gasteiger partial charge in [0, 0.05) is 42.7 Å².